The summed E-state index contributed by atoms with van der Waals surface area (Å²) in [5.74, 6) is -0.502. The van der Waals surface area contributed by atoms with Crippen molar-refractivity contribution in [3.63, 3.8) is 0 Å². The molecule has 0 spiro atoms. The number of amides is 2. The van der Waals surface area contributed by atoms with Gasteiger partial charge in [-0.15, -0.1) is 0 Å². The number of nitrogens with zero attached hydrogens (tertiary/aromatic N) is 2. The maximum Gasteiger partial charge on any atom is 0.344 e. The molecule has 1 atom stereocenters. The number of benzene rings is 1. The number of carbonyl (C=O) groups excluding carboxylic acids is 4. The fourth-order valence-electron chi connectivity index (χ4n) is 2.86. The summed E-state index contributed by atoms with van der Waals surface area (Å²) in [5, 5.41) is 0. The minimum Gasteiger partial charge on any atom is -0.482 e. The standard InChI is InChI=1S/C20H26N2O6/c1-4-18(24)16-5-7-17(8-6-16)27-13-19(25)28-14(2)20(26)22-11-9-21(10-12-22)15(3)23/h5-8,14H,4,9-13H2,1-3H3. The third kappa shape index (κ3) is 5.80. The van der Waals surface area contributed by atoms with Crippen LogP contribution in [0.3, 0.4) is 0 Å². The predicted octanol–water partition coefficient (Wildman–Crippen LogP) is 1.28. The van der Waals surface area contributed by atoms with Crippen molar-refractivity contribution in [1.82, 2.24) is 9.80 Å². The Hall–Kier alpha value is -2.90. The average Bonchev–Trinajstić information content (AvgIpc) is 2.71. The van der Waals surface area contributed by atoms with Crippen molar-refractivity contribution >= 4 is 23.6 Å². The summed E-state index contributed by atoms with van der Waals surface area (Å²) in [6.07, 6.45) is -0.507. The van der Waals surface area contributed by atoms with Crippen LogP contribution in [0.5, 0.6) is 5.75 Å². The summed E-state index contributed by atoms with van der Waals surface area (Å²) in [7, 11) is 0. The molecule has 0 bridgehead atoms. The Kier molecular flexibility index (Phi) is 7.54. The van der Waals surface area contributed by atoms with Crippen LogP contribution in [0.25, 0.3) is 0 Å². The van der Waals surface area contributed by atoms with Crippen molar-refractivity contribution < 1.29 is 28.7 Å². The van der Waals surface area contributed by atoms with Crippen LogP contribution in [-0.2, 0) is 19.1 Å². The lowest BCUT2D eigenvalue weighted by atomic mass is 10.1. The maximum atomic E-state index is 12.4. The second-order valence-electron chi connectivity index (χ2n) is 6.55. The molecule has 0 saturated carbocycles. The van der Waals surface area contributed by atoms with Gasteiger partial charge < -0.3 is 19.3 Å². The lowest BCUT2D eigenvalue weighted by molar-refractivity contribution is -0.161. The molecule has 0 N–H and O–H groups in total. The third-order valence-electron chi connectivity index (χ3n) is 4.55. The Morgan fingerprint density at radius 3 is 2.11 bits per heavy atom. The topological polar surface area (TPSA) is 93.2 Å². The van der Waals surface area contributed by atoms with Gasteiger partial charge in [0.2, 0.25) is 5.91 Å². The van der Waals surface area contributed by atoms with Gasteiger partial charge in [-0.2, -0.15) is 0 Å². The van der Waals surface area contributed by atoms with E-state index in [-0.39, 0.29) is 24.2 Å². The van der Waals surface area contributed by atoms with Gasteiger partial charge in [0, 0.05) is 45.1 Å². The second kappa shape index (κ2) is 9.87. The first-order valence-electron chi connectivity index (χ1n) is 9.31. The molecule has 1 fully saturated rings. The number of ether oxygens (including phenoxy) is 2. The summed E-state index contributed by atoms with van der Waals surface area (Å²) in [5.41, 5.74) is 0.585. The maximum absolute atomic E-state index is 12.4. The van der Waals surface area contributed by atoms with Crippen molar-refractivity contribution in [1.29, 1.82) is 0 Å². The fourth-order valence-corrected chi connectivity index (χ4v) is 2.86. The van der Waals surface area contributed by atoms with Crippen molar-refractivity contribution in [2.24, 2.45) is 0 Å². The smallest absolute Gasteiger partial charge is 0.344 e. The lowest BCUT2D eigenvalue weighted by Crippen LogP contribution is -2.52. The molecule has 2 rings (SSSR count). The highest BCUT2D eigenvalue weighted by molar-refractivity contribution is 5.95. The van der Waals surface area contributed by atoms with Crippen molar-refractivity contribution in [2.75, 3.05) is 32.8 Å². The van der Waals surface area contributed by atoms with Gasteiger partial charge in [0.25, 0.3) is 5.91 Å². The number of esters is 1. The Morgan fingerprint density at radius 2 is 1.57 bits per heavy atom. The van der Waals surface area contributed by atoms with E-state index in [1.165, 1.54) is 13.8 Å². The van der Waals surface area contributed by atoms with Crippen molar-refractivity contribution in [2.45, 2.75) is 33.3 Å². The van der Waals surface area contributed by atoms with Gasteiger partial charge in [-0.25, -0.2) is 4.79 Å². The SMILES string of the molecule is CCC(=O)c1ccc(OCC(=O)OC(C)C(=O)N2CCN(C(C)=O)CC2)cc1. The molecule has 1 saturated heterocycles. The molecular weight excluding hydrogens is 364 g/mol. The second-order valence-corrected chi connectivity index (χ2v) is 6.55. The van der Waals surface area contributed by atoms with Gasteiger partial charge in [-0.05, 0) is 31.2 Å². The monoisotopic (exact) mass is 390 g/mol. The first-order valence-corrected chi connectivity index (χ1v) is 9.31. The van der Waals surface area contributed by atoms with Crippen molar-refractivity contribution in [3.8, 4) is 5.75 Å². The molecule has 1 aromatic carbocycles. The van der Waals surface area contributed by atoms with E-state index < -0.39 is 12.1 Å². The van der Waals surface area contributed by atoms with Gasteiger partial charge in [0.15, 0.2) is 18.5 Å². The van der Waals surface area contributed by atoms with Crippen molar-refractivity contribution in [3.05, 3.63) is 29.8 Å². The average molecular weight is 390 g/mol. The van der Waals surface area contributed by atoms with Crippen LogP contribution in [-0.4, -0.2) is 72.3 Å². The summed E-state index contributed by atoms with van der Waals surface area (Å²) in [6.45, 7) is 6.24. The Morgan fingerprint density at radius 1 is 1.00 bits per heavy atom. The normalized spacial score (nSPS) is 15.0. The number of hydrogen-bond donors (Lipinski definition) is 0. The predicted molar refractivity (Wildman–Crippen MR) is 101 cm³/mol. The van der Waals surface area contributed by atoms with Crippen LogP contribution in [0, 0.1) is 0 Å². The van der Waals surface area contributed by atoms with E-state index in [9.17, 15) is 19.2 Å². The minimum atomic E-state index is -0.926. The third-order valence-corrected chi connectivity index (χ3v) is 4.55. The molecule has 1 heterocycles. The molecule has 28 heavy (non-hydrogen) atoms. The van der Waals surface area contributed by atoms with Gasteiger partial charge in [-0.1, -0.05) is 6.92 Å². The van der Waals surface area contributed by atoms with Crippen LogP contribution in [0.4, 0.5) is 0 Å². The zero-order valence-corrected chi connectivity index (χ0v) is 16.5. The number of ketones is 1. The van der Waals surface area contributed by atoms with Gasteiger partial charge in [0.1, 0.15) is 5.75 Å². The molecule has 1 aromatic rings. The first kappa shape index (κ1) is 21.4. The fraction of sp³-hybridized carbons (Fsp3) is 0.500. The number of Topliss-reactive ketones (excluding diaryl/α,β-unsaturated/α-hetero) is 1. The highest BCUT2D eigenvalue weighted by Crippen LogP contribution is 2.14. The highest BCUT2D eigenvalue weighted by Gasteiger charge is 2.27. The van der Waals surface area contributed by atoms with Crippen LogP contribution in [0.15, 0.2) is 24.3 Å². The Labute approximate surface area is 164 Å². The zero-order chi connectivity index (χ0) is 20.7. The number of hydrogen-bond acceptors (Lipinski definition) is 6. The van der Waals surface area contributed by atoms with E-state index in [1.54, 1.807) is 41.0 Å². The lowest BCUT2D eigenvalue weighted by Gasteiger charge is -2.35. The molecule has 0 radical (unpaired) electrons. The van der Waals surface area contributed by atoms with Crippen LogP contribution in [0.1, 0.15) is 37.6 Å². The Balaban J connectivity index is 1.77. The van der Waals surface area contributed by atoms with Gasteiger partial charge in [-0.3, -0.25) is 14.4 Å². The molecule has 1 aliphatic rings. The summed E-state index contributed by atoms with van der Waals surface area (Å²) >= 11 is 0. The van der Waals surface area contributed by atoms with Gasteiger partial charge in [0.05, 0.1) is 0 Å². The van der Waals surface area contributed by atoms with E-state index in [2.05, 4.69) is 0 Å². The molecule has 152 valence electrons. The molecule has 8 heteroatoms. The summed E-state index contributed by atoms with van der Waals surface area (Å²) < 4.78 is 10.5. The molecule has 0 aromatic heterocycles. The Bertz CT molecular complexity index is 723. The van der Waals surface area contributed by atoms with Crippen LogP contribution < -0.4 is 4.74 Å². The highest BCUT2D eigenvalue weighted by atomic mass is 16.6. The molecule has 1 unspecified atom stereocenters. The largest absolute Gasteiger partial charge is 0.482 e. The molecule has 2 amide bonds. The quantitative estimate of drug-likeness (QED) is 0.514. The van der Waals surface area contributed by atoms with E-state index in [4.69, 9.17) is 9.47 Å². The number of carbonyl (C=O) groups is 4. The molecule has 0 aliphatic carbocycles. The first-order chi connectivity index (χ1) is 13.3. The van der Waals surface area contributed by atoms with Crippen LogP contribution in [0.2, 0.25) is 0 Å². The van der Waals surface area contributed by atoms with E-state index in [0.717, 1.165) is 0 Å². The molecule has 1 aliphatic heterocycles. The number of rotatable bonds is 7. The summed E-state index contributed by atoms with van der Waals surface area (Å²) in [6, 6.07) is 6.50. The zero-order valence-electron chi connectivity index (χ0n) is 16.5. The summed E-state index contributed by atoms with van der Waals surface area (Å²) in [4.78, 5) is 50.5. The molecular formula is C20H26N2O6. The van der Waals surface area contributed by atoms with E-state index in [1.807, 2.05) is 0 Å². The van der Waals surface area contributed by atoms with Gasteiger partial charge >= 0.3 is 5.97 Å². The minimum absolute atomic E-state index is 0.0178. The number of piperazine rings is 1. The molecule has 8 nitrogen and oxygen atoms in total. The van der Waals surface area contributed by atoms with E-state index in [0.29, 0.717) is 43.9 Å². The van der Waals surface area contributed by atoms with Crippen LogP contribution >= 0.6 is 0 Å². The van der Waals surface area contributed by atoms with E-state index >= 15 is 0 Å².